The summed E-state index contributed by atoms with van der Waals surface area (Å²) in [5.74, 6) is 0.455. The quantitative estimate of drug-likeness (QED) is 0.580. The van der Waals surface area contributed by atoms with Crippen molar-refractivity contribution in [2.24, 2.45) is 5.73 Å². The molecule has 0 aliphatic rings. The summed E-state index contributed by atoms with van der Waals surface area (Å²) in [6.07, 6.45) is 1.00. The lowest BCUT2D eigenvalue weighted by molar-refractivity contribution is 0.164. The Kier molecular flexibility index (Phi) is 2.62. The Morgan fingerprint density at radius 3 is 2.58 bits per heavy atom. The molecule has 0 saturated carbocycles. The zero-order chi connectivity index (χ0) is 9.14. The minimum atomic E-state index is -0.574. The summed E-state index contributed by atoms with van der Waals surface area (Å²) >= 11 is 0. The highest BCUT2D eigenvalue weighted by atomic mass is 16.3. The van der Waals surface area contributed by atoms with Gasteiger partial charge < -0.3 is 16.6 Å². The van der Waals surface area contributed by atoms with Gasteiger partial charge in [-0.3, -0.25) is 0 Å². The maximum absolute atomic E-state index is 9.16. The first-order valence-electron chi connectivity index (χ1n) is 3.76. The number of aliphatic hydroxyl groups is 1. The van der Waals surface area contributed by atoms with Crippen molar-refractivity contribution in [1.82, 2.24) is 4.98 Å². The first-order chi connectivity index (χ1) is 5.61. The number of pyridine rings is 1. The van der Waals surface area contributed by atoms with Gasteiger partial charge in [-0.2, -0.15) is 0 Å². The van der Waals surface area contributed by atoms with Crippen molar-refractivity contribution in [1.29, 1.82) is 0 Å². The molecule has 0 aliphatic carbocycles. The highest BCUT2D eigenvalue weighted by molar-refractivity contribution is 5.30. The van der Waals surface area contributed by atoms with Crippen molar-refractivity contribution in [2.45, 2.75) is 19.1 Å². The van der Waals surface area contributed by atoms with Gasteiger partial charge in [-0.05, 0) is 18.6 Å². The third kappa shape index (κ3) is 1.93. The van der Waals surface area contributed by atoms with Gasteiger partial charge in [-0.25, -0.2) is 4.98 Å². The molecule has 66 valence electrons. The van der Waals surface area contributed by atoms with Crippen LogP contribution < -0.4 is 11.5 Å². The number of nitrogen functional groups attached to an aromatic ring is 1. The van der Waals surface area contributed by atoms with E-state index in [9.17, 15) is 0 Å². The Balaban J connectivity index is 2.82. The fourth-order valence-electron chi connectivity index (χ4n) is 0.892. The van der Waals surface area contributed by atoms with Gasteiger partial charge in [0.1, 0.15) is 5.82 Å². The zero-order valence-corrected chi connectivity index (χ0v) is 6.94. The SMILES string of the molecule is CC(O)C(N)c1ccc(N)nc1. The average molecular weight is 167 g/mol. The topological polar surface area (TPSA) is 85.2 Å². The third-order valence-electron chi connectivity index (χ3n) is 1.71. The number of rotatable bonds is 2. The van der Waals surface area contributed by atoms with Crippen LogP contribution in [0.2, 0.25) is 0 Å². The number of aliphatic hydroxyl groups excluding tert-OH is 1. The third-order valence-corrected chi connectivity index (χ3v) is 1.71. The Morgan fingerprint density at radius 2 is 2.17 bits per heavy atom. The van der Waals surface area contributed by atoms with Crippen LogP contribution in [0.4, 0.5) is 5.82 Å². The second-order valence-corrected chi connectivity index (χ2v) is 2.78. The lowest BCUT2D eigenvalue weighted by Crippen LogP contribution is -2.23. The van der Waals surface area contributed by atoms with Crippen molar-refractivity contribution < 1.29 is 5.11 Å². The molecule has 0 aliphatic heterocycles. The van der Waals surface area contributed by atoms with E-state index in [0.29, 0.717) is 5.82 Å². The predicted octanol–water partition coefficient (Wildman–Crippen LogP) is 0.0444. The van der Waals surface area contributed by atoms with Crippen molar-refractivity contribution >= 4 is 5.82 Å². The molecule has 4 heteroatoms. The fraction of sp³-hybridized carbons (Fsp3) is 0.375. The van der Waals surface area contributed by atoms with Crippen LogP contribution in [0.5, 0.6) is 0 Å². The molecular weight excluding hydrogens is 154 g/mol. The summed E-state index contributed by atoms with van der Waals surface area (Å²) in [5, 5.41) is 9.16. The lowest BCUT2D eigenvalue weighted by Gasteiger charge is -2.14. The minimum Gasteiger partial charge on any atom is -0.391 e. The van der Waals surface area contributed by atoms with Crippen molar-refractivity contribution in [3.63, 3.8) is 0 Å². The molecule has 1 rings (SSSR count). The normalized spacial score (nSPS) is 15.6. The van der Waals surface area contributed by atoms with Crippen molar-refractivity contribution in [2.75, 3.05) is 5.73 Å². The molecular formula is C8H13N3O. The summed E-state index contributed by atoms with van der Waals surface area (Å²) in [6.45, 7) is 1.64. The van der Waals surface area contributed by atoms with Crippen LogP contribution >= 0.6 is 0 Å². The van der Waals surface area contributed by atoms with E-state index in [2.05, 4.69) is 4.98 Å². The molecule has 2 unspecified atom stereocenters. The first-order valence-corrected chi connectivity index (χ1v) is 3.76. The van der Waals surface area contributed by atoms with Gasteiger partial charge >= 0.3 is 0 Å². The fourth-order valence-corrected chi connectivity index (χ4v) is 0.892. The van der Waals surface area contributed by atoms with Gasteiger partial charge in [0.15, 0.2) is 0 Å². The van der Waals surface area contributed by atoms with E-state index >= 15 is 0 Å². The smallest absolute Gasteiger partial charge is 0.123 e. The molecule has 0 bridgehead atoms. The molecule has 0 spiro atoms. The molecule has 0 radical (unpaired) electrons. The van der Waals surface area contributed by atoms with Crippen LogP contribution in [0.15, 0.2) is 18.3 Å². The molecule has 0 amide bonds. The standard InChI is InChI=1S/C8H13N3O/c1-5(12)8(10)6-2-3-7(9)11-4-6/h2-5,8,12H,10H2,1H3,(H2,9,11). The van der Waals surface area contributed by atoms with Crippen molar-refractivity contribution in [3.8, 4) is 0 Å². The number of aromatic nitrogens is 1. The van der Waals surface area contributed by atoms with Crippen LogP contribution in [0, 0.1) is 0 Å². The molecule has 2 atom stereocenters. The Hall–Kier alpha value is -1.13. The van der Waals surface area contributed by atoms with Crippen LogP contribution in [0.1, 0.15) is 18.5 Å². The van der Waals surface area contributed by atoms with Crippen LogP contribution in [0.25, 0.3) is 0 Å². The molecule has 1 aromatic heterocycles. The zero-order valence-electron chi connectivity index (χ0n) is 6.94. The monoisotopic (exact) mass is 167 g/mol. The predicted molar refractivity (Wildman–Crippen MR) is 47.3 cm³/mol. The maximum Gasteiger partial charge on any atom is 0.123 e. The van der Waals surface area contributed by atoms with E-state index in [0.717, 1.165) is 5.56 Å². The van der Waals surface area contributed by atoms with Gasteiger partial charge in [0, 0.05) is 6.20 Å². The van der Waals surface area contributed by atoms with Crippen LogP contribution in [-0.4, -0.2) is 16.2 Å². The highest BCUT2D eigenvalue weighted by Crippen LogP contribution is 2.13. The summed E-state index contributed by atoms with van der Waals surface area (Å²) < 4.78 is 0. The van der Waals surface area contributed by atoms with Gasteiger partial charge in [0.05, 0.1) is 12.1 Å². The minimum absolute atomic E-state index is 0.391. The molecule has 1 heterocycles. The maximum atomic E-state index is 9.16. The Bertz CT molecular complexity index is 245. The van der Waals surface area contributed by atoms with Gasteiger partial charge in [-0.1, -0.05) is 6.07 Å². The van der Waals surface area contributed by atoms with E-state index in [1.807, 2.05) is 0 Å². The number of nitrogens with two attached hydrogens (primary N) is 2. The summed E-state index contributed by atoms with van der Waals surface area (Å²) in [4.78, 5) is 3.87. The Morgan fingerprint density at radius 1 is 1.50 bits per heavy atom. The van der Waals surface area contributed by atoms with E-state index in [-0.39, 0.29) is 0 Å². The molecule has 4 nitrogen and oxygen atoms in total. The van der Waals surface area contributed by atoms with Crippen LogP contribution in [0.3, 0.4) is 0 Å². The summed E-state index contributed by atoms with van der Waals surface area (Å²) in [7, 11) is 0. The highest BCUT2D eigenvalue weighted by Gasteiger charge is 2.11. The number of nitrogens with zero attached hydrogens (tertiary/aromatic N) is 1. The van der Waals surface area contributed by atoms with Crippen molar-refractivity contribution in [3.05, 3.63) is 23.9 Å². The van der Waals surface area contributed by atoms with Crippen LogP contribution in [-0.2, 0) is 0 Å². The van der Waals surface area contributed by atoms with Gasteiger partial charge in [0.2, 0.25) is 0 Å². The molecule has 0 saturated heterocycles. The number of anilines is 1. The van der Waals surface area contributed by atoms with Gasteiger partial charge in [-0.15, -0.1) is 0 Å². The lowest BCUT2D eigenvalue weighted by atomic mass is 10.1. The number of hydrogen-bond donors (Lipinski definition) is 3. The second-order valence-electron chi connectivity index (χ2n) is 2.78. The summed E-state index contributed by atoms with van der Waals surface area (Å²) in [5.41, 5.74) is 11.8. The van der Waals surface area contributed by atoms with E-state index in [1.165, 1.54) is 0 Å². The second kappa shape index (κ2) is 3.51. The largest absolute Gasteiger partial charge is 0.391 e. The molecule has 0 aromatic carbocycles. The average Bonchev–Trinajstić information content (AvgIpc) is 2.04. The number of hydrogen-bond acceptors (Lipinski definition) is 4. The molecule has 1 aromatic rings. The molecule has 5 N–H and O–H groups in total. The Labute approximate surface area is 71.2 Å². The van der Waals surface area contributed by atoms with E-state index < -0.39 is 12.1 Å². The summed E-state index contributed by atoms with van der Waals surface area (Å²) in [6, 6.07) is 3.04. The van der Waals surface area contributed by atoms with Gasteiger partial charge in [0.25, 0.3) is 0 Å². The first kappa shape index (κ1) is 8.96. The van der Waals surface area contributed by atoms with E-state index in [4.69, 9.17) is 16.6 Å². The molecule has 0 fully saturated rings. The van der Waals surface area contributed by atoms with E-state index in [1.54, 1.807) is 25.3 Å². The molecule has 12 heavy (non-hydrogen) atoms.